The van der Waals surface area contributed by atoms with Gasteiger partial charge in [-0.3, -0.25) is 4.79 Å². The molecule has 0 saturated carbocycles. The van der Waals surface area contributed by atoms with E-state index in [1.807, 2.05) is 0 Å². The van der Waals surface area contributed by atoms with E-state index in [9.17, 15) is 4.79 Å². The fourth-order valence-electron chi connectivity index (χ4n) is 0.0956. The second-order valence-corrected chi connectivity index (χ2v) is 1.56. The van der Waals surface area contributed by atoms with Crippen molar-refractivity contribution in [2.24, 2.45) is 0 Å². The Balaban J connectivity index is -0.0000000483. The molecule has 0 saturated heterocycles. The first kappa shape index (κ1) is 23.2. The summed E-state index contributed by atoms with van der Waals surface area (Å²) in [5.41, 5.74) is 0. The van der Waals surface area contributed by atoms with Crippen molar-refractivity contribution in [3.63, 3.8) is 0 Å². The first-order chi connectivity index (χ1) is 4.50. The van der Waals surface area contributed by atoms with E-state index < -0.39 is 12.1 Å². The first-order valence-electron chi connectivity index (χ1n) is 2.21. The van der Waals surface area contributed by atoms with Gasteiger partial charge in [-0.05, 0) is 6.16 Å². The number of carbonyl (C=O) groups excluding carboxylic acids is 1. The molecule has 0 fully saturated rings. The van der Waals surface area contributed by atoms with E-state index in [0.717, 1.165) is 0 Å². The number of hydrogen-bond acceptors (Lipinski definition) is 5. The summed E-state index contributed by atoms with van der Waals surface area (Å²) < 4.78 is 0. The van der Waals surface area contributed by atoms with Crippen molar-refractivity contribution in [1.82, 2.24) is 0 Å². The minimum atomic E-state index is -2.33. The van der Waals surface area contributed by atoms with E-state index >= 15 is 0 Å². The third kappa shape index (κ3) is 67.5. The van der Waals surface area contributed by atoms with Crippen LogP contribution in [-0.2, 0) is 4.79 Å². The van der Waals surface area contributed by atoms with Crippen LogP contribution in [0.15, 0.2) is 0 Å². The predicted molar refractivity (Wildman–Crippen MR) is 31.5 cm³/mol. The summed E-state index contributed by atoms with van der Waals surface area (Å²) in [6.07, 6.45) is -2.18. The van der Waals surface area contributed by atoms with Gasteiger partial charge in [0, 0.05) is 5.75 Å². The van der Waals surface area contributed by atoms with Gasteiger partial charge in [0.25, 0.3) is 0 Å². The molecule has 12 heavy (non-hydrogen) atoms. The van der Waals surface area contributed by atoms with Gasteiger partial charge in [-0.1, -0.05) is 0 Å². The van der Waals surface area contributed by atoms with Crippen molar-refractivity contribution in [1.29, 1.82) is 0 Å². The smallest absolute Gasteiger partial charge is 0.652 e. The third-order valence-corrected chi connectivity index (χ3v) is 0.549. The zero-order chi connectivity index (χ0) is 8.57. The molecule has 60 valence electrons. The van der Waals surface area contributed by atoms with E-state index in [0.29, 0.717) is 5.75 Å². The molecule has 0 aliphatic heterocycles. The molecule has 0 unspecified atom stereocenters. The number of carboxylic acids is 1. The molecule has 8 heteroatoms. The quantitative estimate of drug-likeness (QED) is 0.350. The minimum Gasteiger partial charge on any atom is -0.652 e. The molecule has 0 radical (unpaired) electrons. The first-order valence-corrected chi connectivity index (χ1v) is 2.84. The van der Waals surface area contributed by atoms with Crippen molar-refractivity contribution in [3.05, 3.63) is 0 Å². The van der Waals surface area contributed by atoms with Crippen LogP contribution in [0.3, 0.4) is 0 Å². The van der Waals surface area contributed by atoms with Gasteiger partial charge < -0.3 is 20.1 Å². The van der Waals surface area contributed by atoms with Crippen LogP contribution >= 0.6 is 12.6 Å². The summed E-state index contributed by atoms with van der Waals surface area (Å²) in [6, 6.07) is 0. The Hall–Kier alpha value is 1.09. The maximum absolute atomic E-state index is 9.55. The Kier molecular flexibility index (Phi) is 34.7. The van der Waals surface area contributed by atoms with E-state index in [-0.39, 0.29) is 65.5 Å². The van der Waals surface area contributed by atoms with Crippen LogP contribution < -0.4 is 69.3 Å². The van der Waals surface area contributed by atoms with E-state index in [1.165, 1.54) is 0 Å². The maximum atomic E-state index is 9.55. The number of rotatable bonds is 2. The van der Waals surface area contributed by atoms with Crippen molar-refractivity contribution < 1.29 is 84.0 Å². The van der Waals surface area contributed by atoms with Gasteiger partial charge in [0.2, 0.25) is 0 Å². The van der Waals surface area contributed by atoms with Gasteiger partial charge in [-0.2, -0.15) is 12.6 Å². The average Bonchev–Trinajstić information content (AvgIpc) is 1.62. The summed E-state index contributed by atoms with van der Waals surface area (Å²) in [4.78, 5) is 17.9. The summed E-state index contributed by atoms with van der Waals surface area (Å²) in [5.74, 6) is -0.361. The second-order valence-electron chi connectivity index (χ2n) is 1.12. The van der Waals surface area contributed by atoms with Crippen LogP contribution in [-0.4, -0.2) is 23.0 Å². The number of aliphatic carboxylic acids is 1. The molecule has 0 aromatic heterocycles. The summed E-state index contributed by atoms with van der Waals surface area (Å²) in [5, 5.41) is 24.5. The van der Waals surface area contributed by atoms with E-state index in [4.69, 9.17) is 20.1 Å². The average molecular weight is 212 g/mol. The van der Waals surface area contributed by atoms with Crippen LogP contribution in [0.25, 0.3) is 0 Å². The molecule has 0 bridgehead atoms. The van der Waals surface area contributed by atoms with Crippen molar-refractivity contribution in [3.8, 4) is 0 Å². The molecule has 0 aliphatic carbocycles. The molecule has 1 N–H and O–H groups in total. The minimum absolute atomic E-state index is 0. The fourth-order valence-corrected chi connectivity index (χ4v) is 0.287. The molecule has 5 nitrogen and oxygen atoms in total. The fraction of sp³-hybridized carbons (Fsp3) is 0.500. The Bertz CT molecular complexity index is 116. The van der Waals surface area contributed by atoms with Gasteiger partial charge in [-0.25, -0.2) is 0 Å². The molecule has 0 amide bonds. The number of hydrogen-bond donors (Lipinski definition) is 2. The van der Waals surface area contributed by atoms with Crippen LogP contribution in [0, 0.1) is 0 Å². The molecular formula is C4H6Na2O5S. The van der Waals surface area contributed by atoms with E-state index in [2.05, 4.69) is 12.6 Å². The Morgan fingerprint density at radius 3 is 1.50 bits per heavy atom. The van der Waals surface area contributed by atoms with Crippen molar-refractivity contribution in [2.45, 2.75) is 6.42 Å². The maximum Gasteiger partial charge on any atom is 1.00 e. The molecule has 0 heterocycles. The largest absolute Gasteiger partial charge is 1.00 e. The SMILES string of the molecule is O=C(O)CCS.O=C([O-])[O-].[Na+].[Na+]. The van der Waals surface area contributed by atoms with Crippen molar-refractivity contribution >= 4 is 24.8 Å². The van der Waals surface area contributed by atoms with Crippen LogP contribution in [0.4, 0.5) is 4.79 Å². The molecular weight excluding hydrogens is 206 g/mol. The topological polar surface area (TPSA) is 100 Å². The molecule has 0 aromatic rings. The molecule has 0 atom stereocenters. The normalized spacial score (nSPS) is 6.08. The zero-order valence-electron chi connectivity index (χ0n) is 6.94. The van der Waals surface area contributed by atoms with Gasteiger partial charge in [0.05, 0.1) is 6.42 Å². The second kappa shape index (κ2) is 18.0. The van der Waals surface area contributed by atoms with Crippen molar-refractivity contribution in [2.75, 3.05) is 5.75 Å². The zero-order valence-corrected chi connectivity index (χ0v) is 11.8. The standard InChI is InChI=1S/C3H6O2S.CH2O3.2Na/c4-3(5)1-2-6;2-1(3)4;;/h6H,1-2H2,(H,4,5);(H2,2,3,4);;/q;;2*+1/p-2. The monoisotopic (exact) mass is 212 g/mol. The molecule has 0 aromatic carbocycles. The van der Waals surface area contributed by atoms with Gasteiger partial charge in [0.1, 0.15) is 0 Å². The summed E-state index contributed by atoms with van der Waals surface area (Å²) in [6.45, 7) is 0. The number of carbonyl (C=O) groups is 2. The number of thiol groups is 1. The Morgan fingerprint density at radius 1 is 1.25 bits per heavy atom. The van der Waals surface area contributed by atoms with E-state index in [1.54, 1.807) is 0 Å². The van der Waals surface area contributed by atoms with Gasteiger partial charge in [0.15, 0.2) is 0 Å². The third-order valence-electron chi connectivity index (χ3n) is 0.326. The molecule has 0 aliphatic rings. The Labute approximate surface area is 120 Å². The Morgan fingerprint density at radius 2 is 1.50 bits per heavy atom. The molecule has 0 spiro atoms. The van der Waals surface area contributed by atoms with Crippen LogP contribution in [0.1, 0.15) is 6.42 Å². The van der Waals surface area contributed by atoms with Gasteiger partial charge >= 0.3 is 65.1 Å². The summed E-state index contributed by atoms with van der Waals surface area (Å²) in [7, 11) is 0. The van der Waals surface area contributed by atoms with Crippen LogP contribution in [0.5, 0.6) is 0 Å². The number of carboxylic acid groups (broad SMARTS) is 3. The molecule has 0 rings (SSSR count). The van der Waals surface area contributed by atoms with Gasteiger partial charge in [-0.15, -0.1) is 0 Å². The van der Waals surface area contributed by atoms with Crippen LogP contribution in [0.2, 0.25) is 0 Å². The predicted octanol–water partition coefficient (Wildman–Crippen LogP) is -8.05. The summed E-state index contributed by atoms with van der Waals surface area (Å²) >= 11 is 3.68.